The molecule has 0 saturated carbocycles. The third-order valence-electron chi connectivity index (χ3n) is 3.01. The second-order valence-corrected chi connectivity index (χ2v) is 4.67. The van der Waals surface area contributed by atoms with Crippen molar-refractivity contribution in [2.45, 2.75) is 32.2 Å². The van der Waals surface area contributed by atoms with Crippen LogP contribution >= 0.6 is 0 Å². The first-order valence-corrected chi connectivity index (χ1v) is 6.31. The van der Waals surface area contributed by atoms with Crippen molar-refractivity contribution in [2.24, 2.45) is 5.73 Å². The zero-order chi connectivity index (χ0) is 13.0. The Bertz CT molecular complexity index is 544. The fourth-order valence-corrected chi connectivity index (χ4v) is 2.07. The molecule has 0 saturated heterocycles. The summed E-state index contributed by atoms with van der Waals surface area (Å²) in [5.74, 6) is 0.175. The van der Waals surface area contributed by atoms with Crippen LogP contribution in [0, 0.1) is 0 Å². The van der Waals surface area contributed by atoms with Crippen molar-refractivity contribution >= 4 is 16.7 Å². The number of nitrogens with zero attached hydrogens (tertiary/aromatic N) is 1. The Balaban J connectivity index is 2.17. The summed E-state index contributed by atoms with van der Waals surface area (Å²) >= 11 is 0. The van der Waals surface area contributed by atoms with Gasteiger partial charge in [0.15, 0.2) is 5.78 Å². The molecule has 1 atom stereocenters. The Morgan fingerprint density at radius 2 is 2.17 bits per heavy atom. The van der Waals surface area contributed by atoms with Gasteiger partial charge in [0.25, 0.3) is 0 Å². The fraction of sp³-hybridized carbons (Fsp3) is 0.333. The van der Waals surface area contributed by atoms with Gasteiger partial charge in [-0.25, -0.2) is 0 Å². The molecule has 0 aliphatic rings. The highest BCUT2D eigenvalue weighted by molar-refractivity contribution is 6.07. The van der Waals surface area contributed by atoms with Gasteiger partial charge in [-0.3, -0.25) is 9.78 Å². The lowest BCUT2D eigenvalue weighted by Gasteiger charge is -2.06. The number of ketones is 1. The largest absolute Gasteiger partial charge is 0.328 e. The zero-order valence-corrected chi connectivity index (χ0v) is 10.6. The van der Waals surface area contributed by atoms with Crippen LogP contribution in [0.5, 0.6) is 0 Å². The number of carbonyl (C=O) groups is 1. The average molecular weight is 242 g/mol. The van der Waals surface area contributed by atoms with Crippen LogP contribution < -0.4 is 5.73 Å². The lowest BCUT2D eigenvalue weighted by molar-refractivity contribution is 0.0980. The minimum absolute atomic E-state index is 0.159. The summed E-state index contributed by atoms with van der Waals surface area (Å²) in [4.78, 5) is 16.4. The van der Waals surface area contributed by atoms with Gasteiger partial charge in [-0.1, -0.05) is 18.2 Å². The number of hydrogen-bond donors (Lipinski definition) is 1. The quantitative estimate of drug-likeness (QED) is 0.820. The maximum absolute atomic E-state index is 12.2. The van der Waals surface area contributed by atoms with E-state index in [1.54, 1.807) is 6.20 Å². The van der Waals surface area contributed by atoms with Crippen molar-refractivity contribution in [3.05, 3.63) is 42.1 Å². The van der Waals surface area contributed by atoms with E-state index in [0.29, 0.717) is 6.42 Å². The van der Waals surface area contributed by atoms with E-state index in [1.165, 1.54) is 0 Å². The molecule has 18 heavy (non-hydrogen) atoms. The molecule has 0 amide bonds. The van der Waals surface area contributed by atoms with Crippen LogP contribution in [-0.2, 0) is 0 Å². The molecular weight excluding hydrogens is 224 g/mol. The number of Topliss-reactive ketones (excluding diaryl/α,β-unsaturated/α-hetero) is 1. The van der Waals surface area contributed by atoms with Crippen LogP contribution in [0.1, 0.15) is 36.5 Å². The third kappa shape index (κ3) is 2.93. The van der Waals surface area contributed by atoms with Gasteiger partial charge in [0.05, 0.1) is 5.52 Å². The van der Waals surface area contributed by atoms with Crippen molar-refractivity contribution in [3.8, 4) is 0 Å². The molecule has 1 aromatic carbocycles. The van der Waals surface area contributed by atoms with Gasteiger partial charge in [-0.05, 0) is 31.9 Å². The number of pyridine rings is 1. The lowest BCUT2D eigenvalue weighted by Crippen LogP contribution is -2.14. The number of benzene rings is 1. The summed E-state index contributed by atoms with van der Waals surface area (Å²) in [5.41, 5.74) is 7.33. The monoisotopic (exact) mass is 242 g/mol. The Labute approximate surface area is 107 Å². The van der Waals surface area contributed by atoms with E-state index in [4.69, 9.17) is 5.73 Å². The molecule has 3 nitrogen and oxygen atoms in total. The van der Waals surface area contributed by atoms with Crippen LogP contribution in [0.15, 0.2) is 36.5 Å². The van der Waals surface area contributed by atoms with E-state index in [0.717, 1.165) is 29.3 Å². The van der Waals surface area contributed by atoms with Gasteiger partial charge in [0, 0.05) is 29.6 Å². The minimum Gasteiger partial charge on any atom is -0.328 e. The first-order valence-electron chi connectivity index (χ1n) is 6.31. The topological polar surface area (TPSA) is 56.0 Å². The van der Waals surface area contributed by atoms with E-state index >= 15 is 0 Å². The van der Waals surface area contributed by atoms with E-state index < -0.39 is 0 Å². The molecule has 2 N–H and O–H groups in total. The zero-order valence-electron chi connectivity index (χ0n) is 10.6. The van der Waals surface area contributed by atoms with E-state index in [9.17, 15) is 4.79 Å². The predicted molar refractivity (Wildman–Crippen MR) is 73.6 cm³/mol. The molecule has 1 heterocycles. The Morgan fingerprint density at radius 1 is 1.33 bits per heavy atom. The number of rotatable bonds is 5. The van der Waals surface area contributed by atoms with Crippen LogP contribution in [0.4, 0.5) is 0 Å². The third-order valence-corrected chi connectivity index (χ3v) is 3.01. The molecule has 1 aromatic heterocycles. The highest BCUT2D eigenvalue weighted by Gasteiger charge is 2.10. The number of nitrogens with two attached hydrogens (primary N) is 1. The molecule has 94 valence electrons. The second-order valence-electron chi connectivity index (χ2n) is 4.67. The summed E-state index contributed by atoms with van der Waals surface area (Å²) in [7, 11) is 0. The van der Waals surface area contributed by atoms with Crippen LogP contribution in [0.2, 0.25) is 0 Å². The van der Waals surface area contributed by atoms with Crippen molar-refractivity contribution in [3.63, 3.8) is 0 Å². The molecule has 1 unspecified atom stereocenters. The summed E-state index contributed by atoms with van der Waals surface area (Å²) in [5, 5.41) is 0.936. The molecule has 0 radical (unpaired) electrons. The van der Waals surface area contributed by atoms with Gasteiger partial charge < -0.3 is 5.73 Å². The maximum Gasteiger partial charge on any atom is 0.163 e. The Hall–Kier alpha value is -1.74. The molecular formula is C15H18N2O. The molecule has 3 heteroatoms. The van der Waals surface area contributed by atoms with Gasteiger partial charge in [0.1, 0.15) is 0 Å². The van der Waals surface area contributed by atoms with Crippen molar-refractivity contribution in [1.29, 1.82) is 0 Å². The van der Waals surface area contributed by atoms with Gasteiger partial charge >= 0.3 is 0 Å². The number of fused-ring (bicyclic) bond motifs is 1. The lowest BCUT2D eigenvalue weighted by atomic mass is 10.00. The first kappa shape index (κ1) is 12.7. The van der Waals surface area contributed by atoms with Crippen LogP contribution in [0.3, 0.4) is 0 Å². The standard InChI is InChI=1S/C15H18N2O/c1-11(16)5-2-9-15(18)13-6-3-8-14-12(13)7-4-10-17-14/h3-4,6-8,10-11H,2,5,9,16H2,1H3. The number of aromatic nitrogens is 1. The first-order chi connectivity index (χ1) is 8.68. The van der Waals surface area contributed by atoms with E-state index in [-0.39, 0.29) is 11.8 Å². The summed E-state index contributed by atoms with van der Waals surface area (Å²) in [6.45, 7) is 1.96. The van der Waals surface area contributed by atoms with Crippen molar-refractivity contribution < 1.29 is 4.79 Å². The number of carbonyl (C=O) groups excluding carboxylic acids is 1. The molecule has 0 fully saturated rings. The van der Waals surface area contributed by atoms with Crippen molar-refractivity contribution in [2.75, 3.05) is 0 Å². The smallest absolute Gasteiger partial charge is 0.163 e. The Kier molecular flexibility index (Phi) is 4.05. The van der Waals surface area contributed by atoms with Crippen molar-refractivity contribution in [1.82, 2.24) is 4.98 Å². The SMILES string of the molecule is CC(N)CCCC(=O)c1cccc2ncccc12. The highest BCUT2D eigenvalue weighted by atomic mass is 16.1. The molecule has 0 spiro atoms. The van der Waals surface area contributed by atoms with Crippen LogP contribution in [0.25, 0.3) is 10.9 Å². The van der Waals surface area contributed by atoms with Gasteiger partial charge in [-0.2, -0.15) is 0 Å². The molecule has 2 aromatic rings. The molecule has 0 bridgehead atoms. The molecule has 2 rings (SSSR count). The fourth-order valence-electron chi connectivity index (χ4n) is 2.07. The molecule has 0 aliphatic carbocycles. The normalized spacial score (nSPS) is 12.6. The Morgan fingerprint density at radius 3 is 2.94 bits per heavy atom. The van der Waals surface area contributed by atoms with Gasteiger partial charge in [-0.15, -0.1) is 0 Å². The van der Waals surface area contributed by atoms with E-state index in [1.807, 2.05) is 37.3 Å². The predicted octanol–water partition coefficient (Wildman–Crippen LogP) is 2.94. The summed E-state index contributed by atoms with van der Waals surface area (Å²) in [6.07, 6.45) is 4.02. The van der Waals surface area contributed by atoms with E-state index in [2.05, 4.69) is 4.98 Å². The summed E-state index contributed by atoms with van der Waals surface area (Å²) < 4.78 is 0. The summed E-state index contributed by atoms with van der Waals surface area (Å²) in [6, 6.07) is 9.65. The van der Waals surface area contributed by atoms with Crippen LogP contribution in [-0.4, -0.2) is 16.8 Å². The number of hydrogen-bond acceptors (Lipinski definition) is 3. The minimum atomic E-state index is 0.159. The second kappa shape index (κ2) is 5.74. The maximum atomic E-state index is 12.2. The molecule has 0 aliphatic heterocycles. The average Bonchev–Trinajstić information content (AvgIpc) is 2.37. The highest BCUT2D eigenvalue weighted by Crippen LogP contribution is 2.18. The van der Waals surface area contributed by atoms with Gasteiger partial charge in [0.2, 0.25) is 0 Å².